The minimum absolute atomic E-state index is 0.106. The van der Waals surface area contributed by atoms with Gasteiger partial charge in [-0.1, -0.05) is 11.6 Å². The van der Waals surface area contributed by atoms with Gasteiger partial charge in [-0.2, -0.15) is 13.2 Å². The number of hydrogen-bond acceptors (Lipinski definition) is 4. The number of rotatable bonds is 7. The van der Waals surface area contributed by atoms with Crippen LogP contribution in [0.1, 0.15) is 50.5 Å². The molecule has 0 saturated carbocycles. The van der Waals surface area contributed by atoms with Gasteiger partial charge in [0, 0.05) is 55.5 Å². The van der Waals surface area contributed by atoms with Crippen LogP contribution in [0.3, 0.4) is 0 Å². The SMILES string of the molecule is O=C(CCCC1CCN(c2ccc(Cl)cc2)CC1)N1CCC(Nc2ccc(C(F)(F)F)cn2)CC1. The molecule has 4 rings (SSSR count). The first-order chi connectivity index (χ1) is 16.8. The second kappa shape index (κ2) is 11.5. The van der Waals surface area contributed by atoms with Gasteiger partial charge in [-0.3, -0.25) is 4.79 Å². The van der Waals surface area contributed by atoms with Crippen molar-refractivity contribution in [2.45, 2.75) is 57.2 Å². The Morgan fingerprint density at radius 3 is 2.29 bits per heavy atom. The van der Waals surface area contributed by atoms with Gasteiger partial charge in [0.2, 0.25) is 5.91 Å². The van der Waals surface area contributed by atoms with Gasteiger partial charge in [0.1, 0.15) is 5.82 Å². The average molecular weight is 509 g/mol. The summed E-state index contributed by atoms with van der Waals surface area (Å²) in [5, 5.41) is 3.95. The first-order valence-corrected chi connectivity index (χ1v) is 12.7. The Morgan fingerprint density at radius 2 is 1.69 bits per heavy atom. The molecule has 1 N–H and O–H groups in total. The number of aromatic nitrogens is 1. The predicted octanol–water partition coefficient (Wildman–Crippen LogP) is 6.24. The predicted molar refractivity (Wildman–Crippen MR) is 133 cm³/mol. The average Bonchev–Trinajstić information content (AvgIpc) is 2.85. The second-order valence-electron chi connectivity index (χ2n) is 9.53. The number of carbonyl (C=O) groups excluding carboxylic acids is 1. The Labute approximate surface area is 209 Å². The Hall–Kier alpha value is -2.48. The summed E-state index contributed by atoms with van der Waals surface area (Å²) in [7, 11) is 0. The molecule has 5 nitrogen and oxygen atoms in total. The number of piperidine rings is 2. The quantitative estimate of drug-likeness (QED) is 0.480. The van der Waals surface area contributed by atoms with Crippen molar-refractivity contribution in [3.8, 4) is 0 Å². The maximum atomic E-state index is 12.7. The molecule has 2 saturated heterocycles. The number of hydrogen-bond donors (Lipinski definition) is 1. The smallest absolute Gasteiger partial charge is 0.372 e. The lowest BCUT2D eigenvalue weighted by atomic mass is 9.91. The van der Waals surface area contributed by atoms with Crippen LogP contribution in [0.15, 0.2) is 42.6 Å². The van der Waals surface area contributed by atoms with Crippen molar-refractivity contribution in [3.05, 3.63) is 53.2 Å². The number of halogens is 4. The Bertz CT molecular complexity index is 952. The molecule has 2 aliphatic heterocycles. The molecule has 0 bridgehead atoms. The fourth-order valence-corrected chi connectivity index (χ4v) is 5.09. The van der Waals surface area contributed by atoms with Crippen molar-refractivity contribution in [2.24, 2.45) is 5.92 Å². The summed E-state index contributed by atoms with van der Waals surface area (Å²) in [6, 6.07) is 10.5. The Balaban J connectivity index is 1.11. The molecule has 190 valence electrons. The van der Waals surface area contributed by atoms with E-state index in [1.165, 1.54) is 11.8 Å². The minimum Gasteiger partial charge on any atom is -0.372 e. The highest BCUT2D eigenvalue weighted by molar-refractivity contribution is 6.30. The summed E-state index contributed by atoms with van der Waals surface area (Å²) < 4.78 is 38.0. The first kappa shape index (κ1) is 25.6. The molecule has 2 aromatic rings. The standard InChI is InChI=1S/C26H32ClF3N4O/c27-21-5-7-23(8-6-21)33-14-10-19(11-15-33)2-1-3-25(35)34-16-12-22(13-17-34)32-24-9-4-20(18-31-24)26(28,29)30/h4-9,18-19,22H,1-3,10-17H2,(H,31,32). The number of alkyl halides is 3. The topological polar surface area (TPSA) is 48.5 Å². The zero-order valence-corrected chi connectivity index (χ0v) is 20.5. The van der Waals surface area contributed by atoms with Crippen LogP contribution in [0.4, 0.5) is 24.7 Å². The van der Waals surface area contributed by atoms with Gasteiger partial charge in [-0.15, -0.1) is 0 Å². The largest absolute Gasteiger partial charge is 0.417 e. The molecule has 35 heavy (non-hydrogen) atoms. The van der Waals surface area contributed by atoms with E-state index in [4.69, 9.17) is 11.6 Å². The van der Waals surface area contributed by atoms with Crippen LogP contribution in [-0.2, 0) is 11.0 Å². The van der Waals surface area contributed by atoms with Crippen LogP contribution in [0.25, 0.3) is 0 Å². The highest BCUT2D eigenvalue weighted by Crippen LogP contribution is 2.30. The van der Waals surface area contributed by atoms with E-state index in [-0.39, 0.29) is 11.9 Å². The highest BCUT2D eigenvalue weighted by Gasteiger charge is 2.31. The third kappa shape index (κ3) is 7.26. The molecular weight excluding hydrogens is 477 g/mol. The lowest BCUT2D eigenvalue weighted by Gasteiger charge is -2.34. The lowest BCUT2D eigenvalue weighted by molar-refractivity contribution is -0.137. The summed E-state index contributed by atoms with van der Waals surface area (Å²) in [5.74, 6) is 1.30. The fraction of sp³-hybridized carbons (Fsp3) is 0.538. The van der Waals surface area contributed by atoms with Gasteiger partial charge in [-0.25, -0.2) is 4.98 Å². The lowest BCUT2D eigenvalue weighted by Crippen LogP contribution is -2.42. The Kier molecular flexibility index (Phi) is 8.42. The molecule has 1 amide bonds. The normalized spacial score (nSPS) is 18.1. The molecule has 3 heterocycles. The van der Waals surface area contributed by atoms with Crippen molar-refractivity contribution >= 4 is 29.0 Å². The molecule has 0 spiro atoms. The number of anilines is 2. The van der Waals surface area contributed by atoms with Gasteiger partial charge in [-0.05, 0) is 80.8 Å². The van der Waals surface area contributed by atoms with Crippen molar-refractivity contribution in [2.75, 3.05) is 36.4 Å². The molecule has 0 atom stereocenters. The van der Waals surface area contributed by atoms with Gasteiger partial charge in [0.25, 0.3) is 0 Å². The summed E-state index contributed by atoms with van der Waals surface area (Å²) in [4.78, 5) is 20.9. The van der Waals surface area contributed by atoms with Crippen molar-refractivity contribution in [3.63, 3.8) is 0 Å². The molecule has 9 heteroatoms. The third-order valence-electron chi connectivity index (χ3n) is 7.10. The molecule has 0 aliphatic carbocycles. The molecule has 0 radical (unpaired) electrons. The zero-order valence-electron chi connectivity index (χ0n) is 19.7. The van der Waals surface area contributed by atoms with Gasteiger partial charge in [0.15, 0.2) is 0 Å². The van der Waals surface area contributed by atoms with Gasteiger partial charge < -0.3 is 15.1 Å². The van der Waals surface area contributed by atoms with Gasteiger partial charge in [0.05, 0.1) is 5.56 Å². The number of nitrogens with one attached hydrogen (secondary N) is 1. The number of pyridine rings is 1. The third-order valence-corrected chi connectivity index (χ3v) is 7.35. The van der Waals surface area contributed by atoms with E-state index in [1.54, 1.807) is 0 Å². The summed E-state index contributed by atoms with van der Waals surface area (Å²) in [5.41, 5.74) is 0.464. The maximum Gasteiger partial charge on any atom is 0.417 e. The summed E-state index contributed by atoms with van der Waals surface area (Å²) >= 11 is 5.98. The van der Waals surface area contributed by atoms with Crippen LogP contribution in [0.5, 0.6) is 0 Å². The van der Waals surface area contributed by atoms with E-state index >= 15 is 0 Å². The van der Waals surface area contributed by atoms with Crippen LogP contribution >= 0.6 is 11.6 Å². The van der Waals surface area contributed by atoms with E-state index in [2.05, 4.69) is 27.3 Å². The van der Waals surface area contributed by atoms with Crippen LogP contribution in [0, 0.1) is 5.92 Å². The van der Waals surface area contributed by atoms with Crippen molar-refractivity contribution < 1.29 is 18.0 Å². The summed E-state index contributed by atoms with van der Waals surface area (Å²) in [6.07, 6.45) is 2.85. The van der Waals surface area contributed by atoms with E-state index < -0.39 is 11.7 Å². The molecule has 1 aromatic heterocycles. The van der Waals surface area contributed by atoms with Crippen LogP contribution in [0.2, 0.25) is 5.02 Å². The minimum atomic E-state index is -4.38. The van der Waals surface area contributed by atoms with E-state index in [9.17, 15) is 18.0 Å². The second-order valence-corrected chi connectivity index (χ2v) is 9.96. The molecular formula is C26H32ClF3N4O. The number of benzene rings is 1. The van der Waals surface area contributed by atoms with Crippen LogP contribution < -0.4 is 10.2 Å². The number of likely N-dealkylation sites (tertiary alicyclic amines) is 1. The van der Waals surface area contributed by atoms with E-state index in [1.807, 2.05) is 17.0 Å². The number of carbonyl (C=O) groups is 1. The Morgan fingerprint density at radius 1 is 1.00 bits per heavy atom. The van der Waals surface area contributed by atoms with Gasteiger partial charge >= 0.3 is 6.18 Å². The van der Waals surface area contributed by atoms with Crippen molar-refractivity contribution in [1.82, 2.24) is 9.88 Å². The molecule has 2 fully saturated rings. The first-order valence-electron chi connectivity index (χ1n) is 12.4. The highest BCUT2D eigenvalue weighted by atomic mass is 35.5. The molecule has 1 aromatic carbocycles. The number of amides is 1. The van der Waals surface area contributed by atoms with E-state index in [0.717, 1.165) is 68.9 Å². The monoisotopic (exact) mass is 508 g/mol. The fourth-order valence-electron chi connectivity index (χ4n) is 4.96. The molecule has 0 unspecified atom stereocenters. The zero-order chi connectivity index (χ0) is 24.8. The molecule has 2 aliphatic rings. The van der Waals surface area contributed by atoms with Crippen molar-refractivity contribution in [1.29, 1.82) is 0 Å². The van der Waals surface area contributed by atoms with E-state index in [0.29, 0.717) is 31.2 Å². The maximum absolute atomic E-state index is 12.7. The summed E-state index contributed by atoms with van der Waals surface area (Å²) in [6.45, 7) is 3.40. The van der Waals surface area contributed by atoms with Crippen LogP contribution in [-0.4, -0.2) is 48.0 Å². The number of nitrogens with zero attached hydrogens (tertiary/aromatic N) is 3.